The van der Waals surface area contributed by atoms with Crippen LogP contribution in [0.3, 0.4) is 0 Å². The summed E-state index contributed by atoms with van der Waals surface area (Å²) < 4.78 is 5.76. The predicted octanol–water partition coefficient (Wildman–Crippen LogP) is 4.35. The van der Waals surface area contributed by atoms with Gasteiger partial charge in [-0.25, -0.2) is 0 Å². The van der Waals surface area contributed by atoms with Gasteiger partial charge in [-0.05, 0) is 49.8 Å². The fourth-order valence-corrected chi connectivity index (χ4v) is 3.24. The second kappa shape index (κ2) is 7.52. The zero-order chi connectivity index (χ0) is 16.8. The molecular weight excluding hydrogens is 298 g/mol. The van der Waals surface area contributed by atoms with Gasteiger partial charge >= 0.3 is 0 Å². The van der Waals surface area contributed by atoms with Crippen molar-refractivity contribution in [3.8, 4) is 5.75 Å². The van der Waals surface area contributed by atoms with E-state index in [4.69, 9.17) is 4.74 Å². The molecule has 0 saturated heterocycles. The van der Waals surface area contributed by atoms with Gasteiger partial charge in [-0.2, -0.15) is 0 Å². The molecule has 1 fully saturated rings. The normalized spacial score (nSPS) is 15.4. The molecule has 2 aromatic rings. The maximum atomic E-state index is 12.3. The first-order valence-corrected chi connectivity index (χ1v) is 8.75. The summed E-state index contributed by atoms with van der Waals surface area (Å²) >= 11 is 0. The number of para-hydroxylation sites is 1. The van der Waals surface area contributed by atoms with Gasteiger partial charge in [0, 0.05) is 6.42 Å². The molecule has 0 bridgehead atoms. The van der Waals surface area contributed by atoms with Crippen molar-refractivity contribution in [3.63, 3.8) is 0 Å². The third-order valence-electron chi connectivity index (χ3n) is 4.81. The van der Waals surface area contributed by atoms with Crippen LogP contribution >= 0.6 is 0 Å². The van der Waals surface area contributed by atoms with Crippen molar-refractivity contribution in [2.75, 3.05) is 6.61 Å². The van der Waals surface area contributed by atoms with E-state index in [1.807, 2.05) is 49.4 Å². The standard InChI is InChI=1S/C21H25NO2/c1-17-9-5-6-12-19(17)24-16-7-13-20(23)22-21(14-8-15-21)18-10-3-2-4-11-18/h2-6,9-12H,7-8,13-16H2,1H3,(H,22,23). The Kier molecular flexibility index (Phi) is 5.19. The largest absolute Gasteiger partial charge is 0.493 e. The fraction of sp³-hybridized carbons (Fsp3) is 0.381. The number of carbonyl (C=O) groups is 1. The number of amides is 1. The van der Waals surface area contributed by atoms with Gasteiger partial charge in [-0.1, -0.05) is 48.5 Å². The molecule has 24 heavy (non-hydrogen) atoms. The summed E-state index contributed by atoms with van der Waals surface area (Å²) in [4.78, 5) is 12.3. The Morgan fingerprint density at radius 2 is 1.79 bits per heavy atom. The molecule has 0 atom stereocenters. The number of rotatable bonds is 7. The maximum absolute atomic E-state index is 12.3. The smallest absolute Gasteiger partial charge is 0.220 e. The second-order valence-corrected chi connectivity index (χ2v) is 6.57. The van der Waals surface area contributed by atoms with Crippen molar-refractivity contribution in [1.82, 2.24) is 5.32 Å². The molecule has 0 aliphatic heterocycles. The molecule has 0 heterocycles. The van der Waals surface area contributed by atoms with E-state index < -0.39 is 0 Å². The Hall–Kier alpha value is -2.29. The van der Waals surface area contributed by atoms with Gasteiger partial charge in [0.2, 0.25) is 5.91 Å². The zero-order valence-corrected chi connectivity index (χ0v) is 14.3. The highest BCUT2D eigenvalue weighted by Gasteiger charge is 2.39. The molecule has 3 rings (SSSR count). The third-order valence-corrected chi connectivity index (χ3v) is 4.81. The number of ether oxygens (including phenoxy) is 1. The van der Waals surface area contributed by atoms with Crippen molar-refractivity contribution in [3.05, 3.63) is 65.7 Å². The number of hydrogen-bond donors (Lipinski definition) is 1. The van der Waals surface area contributed by atoms with Gasteiger partial charge in [0.05, 0.1) is 12.1 Å². The van der Waals surface area contributed by atoms with Gasteiger partial charge in [0.1, 0.15) is 5.75 Å². The zero-order valence-electron chi connectivity index (χ0n) is 14.3. The van der Waals surface area contributed by atoms with Crippen LogP contribution in [0.5, 0.6) is 5.75 Å². The van der Waals surface area contributed by atoms with E-state index in [9.17, 15) is 4.79 Å². The van der Waals surface area contributed by atoms with E-state index in [2.05, 4.69) is 17.4 Å². The molecule has 1 aliphatic rings. The van der Waals surface area contributed by atoms with E-state index in [0.717, 1.165) is 30.6 Å². The molecular formula is C21H25NO2. The maximum Gasteiger partial charge on any atom is 0.220 e. The quantitative estimate of drug-likeness (QED) is 0.769. The van der Waals surface area contributed by atoms with Gasteiger partial charge < -0.3 is 10.1 Å². The summed E-state index contributed by atoms with van der Waals surface area (Å²) in [6.07, 6.45) is 4.46. The van der Waals surface area contributed by atoms with Crippen molar-refractivity contribution in [2.45, 2.75) is 44.6 Å². The molecule has 1 saturated carbocycles. The molecule has 0 spiro atoms. The van der Waals surface area contributed by atoms with Crippen molar-refractivity contribution < 1.29 is 9.53 Å². The lowest BCUT2D eigenvalue weighted by molar-refractivity contribution is -0.124. The molecule has 0 aromatic heterocycles. The third kappa shape index (κ3) is 3.78. The van der Waals surface area contributed by atoms with E-state index in [1.165, 1.54) is 12.0 Å². The lowest BCUT2D eigenvalue weighted by atomic mass is 9.71. The lowest BCUT2D eigenvalue weighted by Crippen LogP contribution is -2.50. The summed E-state index contributed by atoms with van der Waals surface area (Å²) in [5.74, 6) is 1.02. The van der Waals surface area contributed by atoms with Gasteiger partial charge in [0.25, 0.3) is 0 Å². The summed E-state index contributed by atoms with van der Waals surface area (Å²) in [5, 5.41) is 3.26. The fourth-order valence-electron chi connectivity index (χ4n) is 3.24. The Morgan fingerprint density at radius 3 is 2.46 bits per heavy atom. The van der Waals surface area contributed by atoms with Crippen LogP contribution in [0.4, 0.5) is 0 Å². The number of hydrogen-bond acceptors (Lipinski definition) is 2. The molecule has 3 nitrogen and oxygen atoms in total. The topological polar surface area (TPSA) is 38.3 Å². The van der Waals surface area contributed by atoms with Crippen LogP contribution in [0.25, 0.3) is 0 Å². The van der Waals surface area contributed by atoms with Crippen LogP contribution < -0.4 is 10.1 Å². The minimum atomic E-state index is -0.144. The highest BCUT2D eigenvalue weighted by Crippen LogP contribution is 2.41. The van der Waals surface area contributed by atoms with Crippen molar-refractivity contribution >= 4 is 5.91 Å². The highest BCUT2D eigenvalue weighted by molar-refractivity contribution is 5.77. The predicted molar refractivity (Wildman–Crippen MR) is 96.0 cm³/mol. The first-order chi connectivity index (χ1) is 11.7. The van der Waals surface area contributed by atoms with E-state index >= 15 is 0 Å². The SMILES string of the molecule is Cc1ccccc1OCCCC(=O)NC1(c2ccccc2)CCC1. The molecule has 126 valence electrons. The van der Waals surface area contributed by atoms with Crippen LogP contribution in [0, 0.1) is 6.92 Å². The average molecular weight is 323 g/mol. The lowest BCUT2D eigenvalue weighted by Gasteiger charge is -2.43. The summed E-state index contributed by atoms with van der Waals surface area (Å²) in [5.41, 5.74) is 2.20. The average Bonchev–Trinajstić information content (AvgIpc) is 2.57. The Balaban J connectivity index is 1.46. The minimum Gasteiger partial charge on any atom is -0.493 e. The summed E-state index contributed by atoms with van der Waals surface area (Å²) in [6.45, 7) is 2.60. The van der Waals surface area contributed by atoms with E-state index in [-0.39, 0.29) is 11.4 Å². The molecule has 0 radical (unpaired) electrons. The van der Waals surface area contributed by atoms with Crippen molar-refractivity contribution in [1.29, 1.82) is 0 Å². The molecule has 1 amide bonds. The van der Waals surface area contributed by atoms with E-state index in [0.29, 0.717) is 13.0 Å². The molecule has 0 unspecified atom stereocenters. The van der Waals surface area contributed by atoms with Crippen LogP contribution in [-0.2, 0) is 10.3 Å². The molecule has 1 N–H and O–H groups in total. The van der Waals surface area contributed by atoms with Crippen LogP contribution in [0.1, 0.15) is 43.2 Å². The first-order valence-electron chi connectivity index (χ1n) is 8.75. The van der Waals surface area contributed by atoms with E-state index in [1.54, 1.807) is 0 Å². The minimum absolute atomic E-state index is 0.118. The number of carbonyl (C=O) groups excluding carboxylic acids is 1. The molecule has 2 aromatic carbocycles. The van der Waals surface area contributed by atoms with Crippen LogP contribution in [0.15, 0.2) is 54.6 Å². The monoisotopic (exact) mass is 323 g/mol. The number of nitrogens with one attached hydrogen (secondary N) is 1. The van der Waals surface area contributed by atoms with Crippen LogP contribution in [-0.4, -0.2) is 12.5 Å². The number of benzene rings is 2. The number of aryl methyl sites for hydroxylation is 1. The first kappa shape index (κ1) is 16.6. The molecule has 3 heteroatoms. The van der Waals surface area contributed by atoms with Gasteiger partial charge in [-0.3, -0.25) is 4.79 Å². The van der Waals surface area contributed by atoms with Gasteiger partial charge in [-0.15, -0.1) is 0 Å². The Morgan fingerprint density at radius 1 is 1.08 bits per heavy atom. The highest BCUT2D eigenvalue weighted by atomic mass is 16.5. The Labute approximate surface area is 144 Å². The Bertz CT molecular complexity index is 677. The van der Waals surface area contributed by atoms with Gasteiger partial charge in [0.15, 0.2) is 0 Å². The van der Waals surface area contributed by atoms with Crippen molar-refractivity contribution in [2.24, 2.45) is 0 Å². The summed E-state index contributed by atoms with van der Waals surface area (Å²) in [6, 6.07) is 18.3. The molecule has 1 aliphatic carbocycles. The second-order valence-electron chi connectivity index (χ2n) is 6.57. The summed E-state index contributed by atoms with van der Waals surface area (Å²) in [7, 11) is 0. The van der Waals surface area contributed by atoms with Crippen LogP contribution in [0.2, 0.25) is 0 Å².